The first-order chi connectivity index (χ1) is 9.76. The Labute approximate surface area is 118 Å². The molecule has 3 rings (SSSR count). The smallest absolute Gasteiger partial charge is 0.260 e. The van der Waals surface area contributed by atoms with Crippen molar-refractivity contribution in [1.82, 2.24) is 4.90 Å². The summed E-state index contributed by atoms with van der Waals surface area (Å²) in [6.45, 7) is 1.89. The highest BCUT2D eigenvalue weighted by Crippen LogP contribution is 2.37. The third kappa shape index (κ3) is 2.62. The highest BCUT2D eigenvalue weighted by Gasteiger charge is 2.37. The zero-order valence-corrected chi connectivity index (χ0v) is 11.4. The standard InChI is InChI=1S/C16H18N2O2/c17-8-12-4-6-15(7-5-12)20-11-16(19)18-9-13-2-1-3-14(13)10-18/h4-7,13-14H,1-3,9-11H2. The van der Waals surface area contributed by atoms with Crippen LogP contribution in [0.5, 0.6) is 5.75 Å². The van der Waals surface area contributed by atoms with Gasteiger partial charge in [0.1, 0.15) is 5.75 Å². The van der Waals surface area contributed by atoms with Gasteiger partial charge in [0.25, 0.3) is 5.91 Å². The summed E-state index contributed by atoms with van der Waals surface area (Å²) >= 11 is 0. The van der Waals surface area contributed by atoms with Crippen LogP contribution in [0.25, 0.3) is 0 Å². The zero-order valence-electron chi connectivity index (χ0n) is 11.4. The molecule has 104 valence electrons. The van der Waals surface area contributed by atoms with Crippen molar-refractivity contribution in [2.75, 3.05) is 19.7 Å². The maximum absolute atomic E-state index is 12.1. The fraction of sp³-hybridized carbons (Fsp3) is 0.500. The lowest BCUT2D eigenvalue weighted by Crippen LogP contribution is -2.33. The second kappa shape index (κ2) is 5.54. The molecule has 1 amide bonds. The van der Waals surface area contributed by atoms with E-state index in [-0.39, 0.29) is 12.5 Å². The number of nitrogens with zero attached hydrogens (tertiary/aromatic N) is 2. The number of ether oxygens (including phenoxy) is 1. The van der Waals surface area contributed by atoms with Crippen LogP contribution in [0.3, 0.4) is 0 Å². The lowest BCUT2D eigenvalue weighted by atomic mass is 10.0. The Kier molecular flexibility index (Phi) is 3.60. The largest absolute Gasteiger partial charge is 0.484 e. The van der Waals surface area contributed by atoms with E-state index >= 15 is 0 Å². The zero-order chi connectivity index (χ0) is 13.9. The van der Waals surface area contributed by atoms with E-state index in [4.69, 9.17) is 10.00 Å². The normalized spacial score (nSPS) is 24.2. The number of fused-ring (bicyclic) bond motifs is 1. The molecule has 1 saturated carbocycles. The number of carbonyl (C=O) groups is 1. The first-order valence-corrected chi connectivity index (χ1v) is 7.17. The topological polar surface area (TPSA) is 53.3 Å². The van der Waals surface area contributed by atoms with Crippen LogP contribution in [0.2, 0.25) is 0 Å². The molecule has 2 aliphatic rings. The average Bonchev–Trinajstić information content (AvgIpc) is 3.06. The Morgan fingerprint density at radius 3 is 2.50 bits per heavy atom. The van der Waals surface area contributed by atoms with E-state index in [0.717, 1.165) is 13.1 Å². The van der Waals surface area contributed by atoms with Gasteiger partial charge in [-0.1, -0.05) is 6.42 Å². The molecule has 2 atom stereocenters. The van der Waals surface area contributed by atoms with Crippen molar-refractivity contribution in [1.29, 1.82) is 5.26 Å². The van der Waals surface area contributed by atoms with Crippen LogP contribution in [0.15, 0.2) is 24.3 Å². The summed E-state index contributed by atoms with van der Waals surface area (Å²) in [5, 5.41) is 8.72. The molecule has 4 heteroatoms. The number of rotatable bonds is 3. The van der Waals surface area contributed by atoms with E-state index < -0.39 is 0 Å². The highest BCUT2D eigenvalue weighted by atomic mass is 16.5. The predicted octanol–water partition coefficient (Wildman–Crippen LogP) is 2.20. The van der Waals surface area contributed by atoms with Gasteiger partial charge in [0.15, 0.2) is 6.61 Å². The van der Waals surface area contributed by atoms with Crippen molar-refractivity contribution in [3.8, 4) is 11.8 Å². The van der Waals surface area contributed by atoms with Gasteiger partial charge < -0.3 is 9.64 Å². The molecule has 1 saturated heterocycles. The number of nitriles is 1. The molecule has 0 spiro atoms. The van der Waals surface area contributed by atoms with Gasteiger partial charge >= 0.3 is 0 Å². The minimum absolute atomic E-state index is 0.0729. The predicted molar refractivity (Wildman–Crippen MR) is 74.1 cm³/mol. The van der Waals surface area contributed by atoms with Gasteiger partial charge in [-0.2, -0.15) is 5.26 Å². The Morgan fingerprint density at radius 2 is 1.90 bits per heavy atom. The fourth-order valence-corrected chi connectivity index (χ4v) is 3.30. The molecule has 1 heterocycles. The van der Waals surface area contributed by atoms with Crippen LogP contribution >= 0.6 is 0 Å². The average molecular weight is 270 g/mol. The van der Waals surface area contributed by atoms with Gasteiger partial charge in [0.05, 0.1) is 11.6 Å². The maximum Gasteiger partial charge on any atom is 0.260 e. The number of benzene rings is 1. The molecule has 0 radical (unpaired) electrons. The highest BCUT2D eigenvalue weighted by molar-refractivity contribution is 5.78. The number of amides is 1. The molecule has 0 N–H and O–H groups in total. The third-order valence-corrected chi connectivity index (χ3v) is 4.42. The Morgan fingerprint density at radius 1 is 1.25 bits per heavy atom. The van der Waals surface area contributed by atoms with E-state index in [9.17, 15) is 4.79 Å². The minimum Gasteiger partial charge on any atom is -0.484 e. The summed E-state index contributed by atoms with van der Waals surface area (Å²) in [7, 11) is 0. The summed E-state index contributed by atoms with van der Waals surface area (Å²) in [6.07, 6.45) is 3.86. The summed E-state index contributed by atoms with van der Waals surface area (Å²) in [6, 6.07) is 8.90. The van der Waals surface area contributed by atoms with Crippen molar-refractivity contribution in [2.24, 2.45) is 11.8 Å². The summed E-state index contributed by atoms with van der Waals surface area (Å²) in [4.78, 5) is 14.1. The maximum atomic E-state index is 12.1. The van der Waals surface area contributed by atoms with Crippen LogP contribution in [0, 0.1) is 23.2 Å². The molecular weight excluding hydrogens is 252 g/mol. The lowest BCUT2D eigenvalue weighted by molar-refractivity contribution is -0.132. The Hall–Kier alpha value is -2.02. The van der Waals surface area contributed by atoms with E-state index in [1.807, 2.05) is 4.90 Å². The summed E-state index contributed by atoms with van der Waals surface area (Å²) in [5.74, 6) is 2.14. The molecule has 1 aliphatic carbocycles. The van der Waals surface area contributed by atoms with E-state index in [2.05, 4.69) is 6.07 Å². The van der Waals surface area contributed by atoms with Crippen molar-refractivity contribution in [3.63, 3.8) is 0 Å². The van der Waals surface area contributed by atoms with Crippen molar-refractivity contribution in [2.45, 2.75) is 19.3 Å². The van der Waals surface area contributed by atoms with Gasteiger partial charge in [-0.15, -0.1) is 0 Å². The van der Waals surface area contributed by atoms with Crippen LogP contribution in [0.4, 0.5) is 0 Å². The van der Waals surface area contributed by atoms with Crippen molar-refractivity contribution < 1.29 is 9.53 Å². The van der Waals surface area contributed by atoms with Crippen LogP contribution in [-0.4, -0.2) is 30.5 Å². The molecule has 0 bridgehead atoms. The summed E-state index contributed by atoms with van der Waals surface area (Å²) < 4.78 is 5.50. The number of likely N-dealkylation sites (tertiary alicyclic amines) is 1. The molecular formula is C16H18N2O2. The van der Waals surface area contributed by atoms with Crippen molar-refractivity contribution >= 4 is 5.91 Å². The fourth-order valence-electron chi connectivity index (χ4n) is 3.30. The number of hydrogen-bond donors (Lipinski definition) is 0. The molecule has 4 nitrogen and oxygen atoms in total. The second-order valence-corrected chi connectivity index (χ2v) is 5.67. The lowest BCUT2D eigenvalue weighted by Gasteiger charge is -2.17. The van der Waals surface area contributed by atoms with Gasteiger partial charge in [-0.3, -0.25) is 4.79 Å². The Bertz CT molecular complexity index is 520. The van der Waals surface area contributed by atoms with E-state index in [0.29, 0.717) is 23.1 Å². The minimum atomic E-state index is 0.0729. The summed E-state index contributed by atoms with van der Waals surface area (Å²) in [5.41, 5.74) is 0.594. The molecule has 0 aromatic heterocycles. The van der Waals surface area contributed by atoms with Gasteiger partial charge in [0, 0.05) is 13.1 Å². The molecule has 2 fully saturated rings. The first kappa shape index (κ1) is 13.0. The molecule has 1 aliphatic heterocycles. The monoisotopic (exact) mass is 270 g/mol. The second-order valence-electron chi connectivity index (χ2n) is 5.67. The van der Waals surface area contributed by atoms with Gasteiger partial charge in [-0.05, 0) is 48.9 Å². The first-order valence-electron chi connectivity index (χ1n) is 7.17. The third-order valence-electron chi connectivity index (χ3n) is 4.42. The molecule has 1 aromatic rings. The van der Waals surface area contributed by atoms with Crippen LogP contribution < -0.4 is 4.74 Å². The van der Waals surface area contributed by atoms with E-state index in [1.54, 1.807) is 24.3 Å². The molecule has 2 unspecified atom stereocenters. The Balaban J connectivity index is 1.51. The van der Waals surface area contributed by atoms with Crippen LogP contribution in [-0.2, 0) is 4.79 Å². The number of hydrogen-bond acceptors (Lipinski definition) is 3. The number of carbonyl (C=O) groups excluding carboxylic acids is 1. The molecule has 1 aromatic carbocycles. The van der Waals surface area contributed by atoms with Crippen molar-refractivity contribution in [3.05, 3.63) is 29.8 Å². The van der Waals surface area contributed by atoms with Crippen LogP contribution in [0.1, 0.15) is 24.8 Å². The SMILES string of the molecule is N#Cc1ccc(OCC(=O)N2CC3CCCC3C2)cc1. The van der Waals surface area contributed by atoms with E-state index in [1.165, 1.54) is 19.3 Å². The van der Waals surface area contributed by atoms with Gasteiger partial charge in [-0.25, -0.2) is 0 Å². The molecule has 20 heavy (non-hydrogen) atoms. The van der Waals surface area contributed by atoms with Gasteiger partial charge in [0.2, 0.25) is 0 Å². The quantitative estimate of drug-likeness (QED) is 0.846.